The number of nitrogens with one attached hydrogen (secondary N) is 1. The molecular formula is C16H18ClN5O4. The Bertz CT molecular complexity index is 836. The van der Waals surface area contributed by atoms with E-state index in [2.05, 4.69) is 15.5 Å². The van der Waals surface area contributed by atoms with Crippen molar-refractivity contribution in [3.63, 3.8) is 0 Å². The number of carbonyl (C=O) groups is 3. The van der Waals surface area contributed by atoms with Crippen molar-refractivity contribution in [3.8, 4) is 5.69 Å². The Morgan fingerprint density at radius 3 is 2.69 bits per heavy atom. The number of hydrogen-bond acceptors (Lipinski definition) is 6. The van der Waals surface area contributed by atoms with E-state index in [1.54, 1.807) is 31.2 Å². The van der Waals surface area contributed by atoms with Gasteiger partial charge in [0.25, 0.3) is 5.91 Å². The molecule has 1 heterocycles. The number of aromatic nitrogens is 3. The highest BCUT2D eigenvalue weighted by molar-refractivity contribution is 6.30. The number of halogens is 1. The van der Waals surface area contributed by atoms with Crippen molar-refractivity contribution >= 4 is 29.4 Å². The molecule has 2 amide bonds. The molecule has 1 aromatic heterocycles. The number of likely N-dealkylation sites (N-methyl/N-ethyl adjacent to an activating group) is 2. The molecule has 2 aromatic rings. The summed E-state index contributed by atoms with van der Waals surface area (Å²) in [5.41, 5.74) is 0.925. The highest BCUT2D eigenvalue weighted by atomic mass is 35.5. The van der Waals surface area contributed by atoms with Crippen molar-refractivity contribution in [1.82, 2.24) is 25.2 Å². The molecule has 0 aliphatic heterocycles. The third kappa shape index (κ3) is 4.79. The van der Waals surface area contributed by atoms with Crippen molar-refractivity contribution in [2.24, 2.45) is 0 Å². The third-order valence-corrected chi connectivity index (χ3v) is 3.66. The Balaban J connectivity index is 2.02. The minimum atomic E-state index is -0.780. The van der Waals surface area contributed by atoms with Crippen molar-refractivity contribution in [2.75, 3.05) is 27.2 Å². The topological polar surface area (TPSA) is 106 Å². The maximum Gasteiger partial charge on any atom is 0.361 e. The van der Waals surface area contributed by atoms with Gasteiger partial charge in [0.2, 0.25) is 5.91 Å². The average Bonchev–Trinajstić information content (AvgIpc) is 3.01. The minimum absolute atomic E-state index is 0.00766. The predicted molar refractivity (Wildman–Crippen MR) is 93.1 cm³/mol. The van der Waals surface area contributed by atoms with Crippen LogP contribution >= 0.6 is 11.6 Å². The van der Waals surface area contributed by atoms with Gasteiger partial charge >= 0.3 is 5.97 Å². The highest BCUT2D eigenvalue weighted by Gasteiger charge is 2.20. The fourth-order valence-corrected chi connectivity index (χ4v) is 2.16. The van der Waals surface area contributed by atoms with Gasteiger partial charge in [-0.3, -0.25) is 9.59 Å². The quantitative estimate of drug-likeness (QED) is 0.736. The Morgan fingerprint density at radius 2 is 2.04 bits per heavy atom. The Morgan fingerprint density at radius 1 is 1.31 bits per heavy atom. The molecule has 0 unspecified atom stereocenters. The van der Waals surface area contributed by atoms with Gasteiger partial charge in [0.1, 0.15) is 0 Å². The SMILES string of the molecule is CNC(=O)CN(C)C(=O)COC(=O)c1nn(-c2cccc(Cl)c2)nc1C. The summed E-state index contributed by atoms with van der Waals surface area (Å²) in [5, 5.41) is 11.1. The molecule has 0 radical (unpaired) electrons. The fraction of sp³-hybridized carbons (Fsp3) is 0.312. The summed E-state index contributed by atoms with van der Waals surface area (Å²) in [5.74, 6) is -1.62. The summed E-state index contributed by atoms with van der Waals surface area (Å²) in [6.07, 6.45) is 0. The molecule has 0 aliphatic rings. The number of hydrogen-bond donors (Lipinski definition) is 1. The highest BCUT2D eigenvalue weighted by Crippen LogP contribution is 2.14. The van der Waals surface area contributed by atoms with Crippen molar-refractivity contribution in [3.05, 3.63) is 40.7 Å². The van der Waals surface area contributed by atoms with E-state index < -0.39 is 18.5 Å². The van der Waals surface area contributed by atoms with E-state index in [4.69, 9.17) is 16.3 Å². The van der Waals surface area contributed by atoms with E-state index in [1.165, 1.54) is 18.9 Å². The van der Waals surface area contributed by atoms with E-state index in [9.17, 15) is 14.4 Å². The number of ether oxygens (including phenoxy) is 1. The second-order valence-corrected chi connectivity index (χ2v) is 5.84. The molecule has 0 saturated carbocycles. The second-order valence-electron chi connectivity index (χ2n) is 5.40. The molecule has 138 valence electrons. The lowest BCUT2D eigenvalue weighted by atomic mass is 10.3. The zero-order valence-corrected chi connectivity index (χ0v) is 15.3. The number of nitrogens with zero attached hydrogens (tertiary/aromatic N) is 4. The summed E-state index contributed by atoms with van der Waals surface area (Å²) in [6.45, 7) is 0.969. The van der Waals surface area contributed by atoms with E-state index in [0.717, 1.165) is 4.90 Å². The van der Waals surface area contributed by atoms with Crippen LogP contribution in [0.4, 0.5) is 0 Å². The third-order valence-electron chi connectivity index (χ3n) is 3.43. The zero-order chi connectivity index (χ0) is 19.3. The summed E-state index contributed by atoms with van der Waals surface area (Å²) < 4.78 is 4.98. The first-order valence-electron chi connectivity index (χ1n) is 7.63. The van der Waals surface area contributed by atoms with Gasteiger partial charge in [-0.05, 0) is 25.1 Å². The van der Waals surface area contributed by atoms with E-state index in [0.29, 0.717) is 16.4 Å². The molecule has 0 spiro atoms. The van der Waals surface area contributed by atoms with E-state index in [-0.39, 0.29) is 18.1 Å². The van der Waals surface area contributed by atoms with Crippen LogP contribution in [0.15, 0.2) is 24.3 Å². The molecule has 1 aromatic carbocycles. The zero-order valence-electron chi connectivity index (χ0n) is 14.5. The first kappa shape index (κ1) is 19.4. The smallest absolute Gasteiger partial charge is 0.361 e. The molecule has 0 saturated heterocycles. The van der Waals surface area contributed by atoms with Crippen LogP contribution in [-0.4, -0.2) is 64.9 Å². The minimum Gasteiger partial charge on any atom is -0.451 e. The largest absolute Gasteiger partial charge is 0.451 e. The summed E-state index contributed by atoms with van der Waals surface area (Å²) in [4.78, 5) is 37.7. The van der Waals surface area contributed by atoms with Gasteiger partial charge in [-0.2, -0.15) is 9.90 Å². The monoisotopic (exact) mass is 379 g/mol. The molecule has 26 heavy (non-hydrogen) atoms. The van der Waals surface area contributed by atoms with Crippen molar-refractivity contribution < 1.29 is 19.1 Å². The number of rotatable bonds is 6. The molecule has 10 heteroatoms. The summed E-state index contributed by atoms with van der Waals surface area (Å²) >= 11 is 5.93. The van der Waals surface area contributed by atoms with Crippen LogP contribution < -0.4 is 5.32 Å². The average molecular weight is 380 g/mol. The van der Waals surface area contributed by atoms with Crippen LogP contribution in [0.25, 0.3) is 5.69 Å². The molecule has 2 rings (SSSR count). The van der Waals surface area contributed by atoms with Gasteiger partial charge in [0.05, 0.1) is 17.9 Å². The van der Waals surface area contributed by atoms with Gasteiger partial charge < -0.3 is 15.0 Å². The standard InChI is InChI=1S/C16H18ClN5O4/c1-10-15(20-22(19-10)12-6-4-5-11(17)7-12)16(25)26-9-14(24)21(3)8-13(23)18-2/h4-7H,8-9H2,1-3H3,(H,18,23). The Kier molecular flexibility index (Phi) is 6.29. The van der Waals surface area contributed by atoms with Crippen LogP contribution in [0.1, 0.15) is 16.2 Å². The first-order chi connectivity index (χ1) is 12.3. The first-order valence-corrected chi connectivity index (χ1v) is 8.01. The molecule has 0 aliphatic carbocycles. The predicted octanol–water partition coefficient (Wildman–Crippen LogP) is 0.590. The van der Waals surface area contributed by atoms with Gasteiger partial charge in [-0.25, -0.2) is 4.79 Å². The molecule has 0 bridgehead atoms. The molecular weight excluding hydrogens is 362 g/mol. The van der Waals surface area contributed by atoms with Crippen LogP contribution in [0.2, 0.25) is 5.02 Å². The Hall–Kier alpha value is -2.94. The van der Waals surface area contributed by atoms with E-state index in [1.807, 2.05) is 0 Å². The normalized spacial score (nSPS) is 10.3. The number of carbonyl (C=O) groups excluding carboxylic acids is 3. The lowest BCUT2D eigenvalue weighted by Gasteiger charge is -2.15. The molecule has 0 atom stereocenters. The summed E-state index contributed by atoms with van der Waals surface area (Å²) in [6, 6.07) is 6.82. The van der Waals surface area contributed by atoms with Crippen LogP contribution in [0.5, 0.6) is 0 Å². The lowest BCUT2D eigenvalue weighted by molar-refractivity contribution is -0.137. The molecule has 9 nitrogen and oxygen atoms in total. The Labute approximate surface area is 154 Å². The summed E-state index contributed by atoms with van der Waals surface area (Å²) in [7, 11) is 2.90. The number of aryl methyl sites for hydroxylation is 1. The van der Waals surface area contributed by atoms with Gasteiger partial charge in [-0.1, -0.05) is 17.7 Å². The maximum atomic E-state index is 12.2. The van der Waals surface area contributed by atoms with Crippen LogP contribution in [0.3, 0.4) is 0 Å². The van der Waals surface area contributed by atoms with Gasteiger partial charge in [-0.15, -0.1) is 5.10 Å². The fourth-order valence-electron chi connectivity index (χ4n) is 1.97. The lowest BCUT2D eigenvalue weighted by Crippen LogP contribution is -2.39. The van der Waals surface area contributed by atoms with Gasteiger partial charge in [0.15, 0.2) is 12.3 Å². The van der Waals surface area contributed by atoms with Crippen LogP contribution in [0, 0.1) is 6.92 Å². The number of benzene rings is 1. The van der Waals surface area contributed by atoms with Crippen molar-refractivity contribution in [2.45, 2.75) is 6.92 Å². The molecule has 0 fully saturated rings. The van der Waals surface area contributed by atoms with Crippen molar-refractivity contribution in [1.29, 1.82) is 0 Å². The molecule has 1 N–H and O–H groups in total. The number of amides is 2. The van der Waals surface area contributed by atoms with E-state index >= 15 is 0 Å². The van der Waals surface area contributed by atoms with Gasteiger partial charge in [0, 0.05) is 19.1 Å². The number of esters is 1. The maximum absolute atomic E-state index is 12.2. The second kappa shape index (κ2) is 8.43. The van der Waals surface area contributed by atoms with Crippen LogP contribution in [-0.2, 0) is 14.3 Å².